The maximum Gasteiger partial charge on any atom is 0.121 e. The summed E-state index contributed by atoms with van der Waals surface area (Å²) in [4.78, 5) is 6.86. The van der Waals surface area contributed by atoms with Gasteiger partial charge in [-0.1, -0.05) is 0 Å². The molecular weight excluding hydrogens is 244 g/mol. The Kier molecular flexibility index (Phi) is 3.22. The van der Waals surface area contributed by atoms with Crippen LogP contribution in [0.15, 0.2) is 18.2 Å². The van der Waals surface area contributed by atoms with Crippen LogP contribution in [-0.4, -0.2) is 36.1 Å². The summed E-state index contributed by atoms with van der Waals surface area (Å²) < 4.78 is 7.30. The second kappa shape index (κ2) is 4.86. The highest BCUT2D eigenvalue weighted by Crippen LogP contribution is 2.27. The number of piperidine rings is 1. The van der Waals surface area contributed by atoms with Gasteiger partial charge in [0.2, 0.25) is 0 Å². The molecule has 2 aromatic rings. The van der Waals surface area contributed by atoms with Crippen LogP contribution in [0.25, 0.3) is 10.2 Å². The summed E-state index contributed by atoms with van der Waals surface area (Å²) in [5, 5.41) is 1.11. The number of nitrogens with zero attached hydrogens (tertiary/aromatic N) is 2. The lowest BCUT2D eigenvalue weighted by Gasteiger charge is -2.29. The molecule has 0 aliphatic carbocycles. The Hall–Kier alpha value is -1.13. The van der Waals surface area contributed by atoms with Gasteiger partial charge in [-0.05, 0) is 38.9 Å². The zero-order valence-corrected chi connectivity index (χ0v) is 11.7. The smallest absolute Gasteiger partial charge is 0.121 e. The molecule has 96 valence electrons. The van der Waals surface area contributed by atoms with E-state index < -0.39 is 0 Å². The van der Waals surface area contributed by atoms with Crippen LogP contribution in [0.3, 0.4) is 0 Å². The van der Waals surface area contributed by atoms with Crippen LogP contribution in [0.2, 0.25) is 0 Å². The van der Waals surface area contributed by atoms with Gasteiger partial charge in [0.25, 0.3) is 0 Å². The molecule has 0 amide bonds. The van der Waals surface area contributed by atoms with Gasteiger partial charge < -0.3 is 9.64 Å². The molecule has 0 spiro atoms. The normalized spacial score (nSPS) is 18.3. The Balaban J connectivity index is 1.74. The number of aryl methyl sites for hydroxylation is 1. The molecule has 0 bridgehead atoms. The zero-order chi connectivity index (χ0) is 12.5. The molecular formula is C14H18N2OS. The molecule has 18 heavy (non-hydrogen) atoms. The first-order valence-electron chi connectivity index (χ1n) is 6.43. The number of rotatable bonds is 2. The fourth-order valence-corrected chi connectivity index (χ4v) is 3.20. The first-order valence-corrected chi connectivity index (χ1v) is 7.25. The highest BCUT2D eigenvalue weighted by Gasteiger charge is 2.18. The second-order valence-electron chi connectivity index (χ2n) is 4.98. The molecule has 4 heteroatoms. The monoisotopic (exact) mass is 262 g/mol. The number of hydrogen-bond donors (Lipinski definition) is 0. The minimum atomic E-state index is 0.360. The number of ether oxygens (including phenoxy) is 1. The van der Waals surface area contributed by atoms with Crippen molar-refractivity contribution in [2.24, 2.45) is 0 Å². The van der Waals surface area contributed by atoms with Crippen molar-refractivity contribution >= 4 is 21.6 Å². The van der Waals surface area contributed by atoms with Crippen molar-refractivity contribution in [2.45, 2.75) is 25.9 Å². The molecule has 1 fully saturated rings. The lowest BCUT2D eigenvalue weighted by molar-refractivity contribution is 0.114. The van der Waals surface area contributed by atoms with Gasteiger partial charge in [0.1, 0.15) is 11.9 Å². The van der Waals surface area contributed by atoms with Crippen molar-refractivity contribution in [1.29, 1.82) is 0 Å². The third kappa shape index (κ3) is 2.49. The number of likely N-dealkylation sites (tertiary alicyclic amines) is 1. The highest BCUT2D eigenvalue weighted by atomic mass is 32.1. The maximum absolute atomic E-state index is 6.06. The number of hydrogen-bond acceptors (Lipinski definition) is 4. The summed E-state index contributed by atoms with van der Waals surface area (Å²) in [5.74, 6) is 0.961. The third-order valence-electron chi connectivity index (χ3n) is 3.43. The van der Waals surface area contributed by atoms with Gasteiger partial charge in [0.05, 0.1) is 15.2 Å². The van der Waals surface area contributed by atoms with E-state index in [1.807, 2.05) is 6.92 Å². The first kappa shape index (κ1) is 11.9. The van der Waals surface area contributed by atoms with E-state index in [0.717, 1.165) is 42.2 Å². The quantitative estimate of drug-likeness (QED) is 0.831. The maximum atomic E-state index is 6.06. The van der Waals surface area contributed by atoms with Crippen molar-refractivity contribution in [3.8, 4) is 5.75 Å². The van der Waals surface area contributed by atoms with Crippen molar-refractivity contribution in [2.75, 3.05) is 20.1 Å². The van der Waals surface area contributed by atoms with Gasteiger partial charge in [0.15, 0.2) is 0 Å². The Labute approximate surface area is 111 Å². The third-order valence-corrected chi connectivity index (χ3v) is 4.39. The molecule has 0 radical (unpaired) electrons. The SMILES string of the molecule is Cc1nc2cc(OC3CCN(C)CC3)ccc2s1. The number of benzene rings is 1. The average molecular weight is 262 g/mol. The van der Waals surface area contributed by atoms with Gasteiger partial charge in [-0.25, -0.2) is 4.98 Å². The van der Waals surface area contributed by atoms with Crippen LogP contribution in [0.5, 0.6) is 5.75 Å². The van der Waals surface area contributed by atoms with Gasteiger partial charge in [0, 0.05) is 19.2 Å². The van der Waals surface area contributed by atoms with E-state index in [2.05, 4.69) is 35.1 Å². The molecule has 0 saturated carbocycles. The number of aromatic nitrogens is 1. The summed E-state index contributed by atoms with van der Waals surface area (Å²) in [7, 11) is 2.17. The van der Waals surface area contributed by atoms with Gasteiger partial charge in [-0.2, -0.15) is 0 Å². The van der Waals surface area contributed by atoms with E-state index in [4.69, 9.17) is 4.74 Å². The molecule has 1 aromatic carbocycles. The van der Waals surface area contributed by atoms with E-state index >= 15 is 0 Å². The van der Waals surface area contributed by atoms with Crippen LogP contribution in [0, 0.1) is 6.92 Å². The predicted molar refractivity (Wildman–Crippen MR) is 75.5 cm³/mol. The Morgan fingerprint density at radius 1 is 1.33 bits per heavy atom. The van der Waals surface area contributed by atoms with Crippen LogP contribution in [0.4, 0.5) is 0 Å². The Morgan fingerprint density at radius 3 is 2.89 bits per heavy atom. The van der Waals surface area contributed by atoms with E-state index in [1.54, 1.807) is 11.3 Å². The standard InChI is InChI=1S/C14H18N2OS/c1-10-15-13-9-12(3-4-14(13)18-10)17-11-5-7-16(2)8-6-11/h3-4,9,11H,5-8H2,1-2H3. The molecule has 0 atom stereocenters. The summed E-state index contributed by atoms with van der Waals surface area (Å²) >= 11 is 1.73. The lowest BCUT2D eigenvalue weighted by atomic mass is 10.1. The summed E-state index contributed by atoms with van der Waals surface area (Å²) in [6, 6.07) is 6.25. The van der Waals surface area contributed by atoms with Crippen molar-refractivity contribution in [3.05, 3.63) is 23.2 Å². The molecule has 3 nitrogen and oxygen atoms in total. The van der Waals surface area contributed by atoms with Crippen LogP contribution in [0.1, 0.15) is 17.8 Å². The average Bonchev–Trinajstić information content (AvgIpc) is 2.71. The Bertz CT molecular complexity index is 544. The van der Waals surface area contributed by atoms with E-state index in [1.165, 1.54) is 4.70 Å². The minimum Gasteiger partial charge on any atom is -0.490 e. The highest BCUT2D eigenvalue weighted by molar-refractivity contribution is 7.18. The van der Waals surface area contributed by atoms with Crippen molar-refractivity contribution in [3.63, 3.8) is 0 Å². The molecule has 1 saturated heterocycles. The second-order valence-corrected chi connectivity index (χ2v) is 6.22. The molecule has 1 aliphatic heterocycles. The molecule has 3 rings (SSSR count). The Morgan fingerprint density at radius 2 is 2.11 bits per heavy atom. The zero-order valence-electron chi connectivity index (χ0n) is 10.8. The van der Waals surface area contributed by atoms with E-state index in [0.29, 0.717) is 6.10 Å². The van der Waals surface area contributed by atoms with Gasteiger partial charge >= 0.3 is 0 Å². The first-order chi connectivity index (χ1) is 8.70. The van der Waals surface area contributed by atoms with Crippen LogP contribution in [-0.2, 0) is 0 Å². The van der Waals surface area contributed by atoms with Crippen molar-refractivity contribution in [1.82, 2.24) is 9.88 Å². The summed E-state index contributed by atoms with van der Waals surface area (Å²) in [6.45, 7) is 4.30. The lowest BCUT2D eigenvalue weighted by Crippen LogP contribution is -2.35. The topological polar surface area (TPSA) is 25.4 Å². The predicted octanol–water partition coefficient (Wildman–Crippen LogP) is 3.08. The largest absolute Gasteiger partial charge is 0.490 e. The fourth-order valence-electron chi connectivity index (χ4n) is 2.39. The summed E-state index contributed by atoms with van der Waals surface area (Å²) in [5.41, 5.74) is 1.06. The minimum absolute atomic E-state index is 0.360. The molecule has 0 unspecified atom stereocenters. The summed E-state index contributed by atoms with van der Waals surface area (Å²) in [6.07, 6.45) is 2.59. The molecule has 2 heterocycles. The number of thiazole rings is 1. The van der Waals surface area contributed by atoms with E-state index in [9.17, 15) is 0 Å². The van der Waals surface area contributed by atoms with Crippen LogP contribution >= 0.6 is 11.3 Å². The van der Waals surface area contributed by atoms with Crippen LogP contribution < -0.4 is 4.74 Å². The van der Waals surface area contributed by atoms with E-state index in [-0.39, 0.29) is 0 Å². The molecule has 1 aliphatic rings. The van der Waals surface area contributed by atoms with Gasteiger partial charge in [-0.15, -0.1) is 11.3 Å². The molecule has 0 N–H and O–H groups in total. The number of fused-ring (bicyclic) bond motifs is 1. The fraction of sp³-hybridized carbons (Fsp3) is 0.500. The van der Waals surface area contributed by atoms with Gasteiger partial charge in [-0.3, -0.25) is 0 Å². The van der Waals surface area contributed by atoms with Crippen molar-refractivity contribution < 1.29 is 4.74 Å². The molecule has 1 aromatic heterocycles.